The third kappa shape index (κ3) is 1.51. The molecule has 0 heterocycles. The van der Waals surface area contributed by atoms with Crippen molar-refractivity contribution in [1.29, 1.82) is 0 Å². The van der Waals surface area contributed by atoms with Crippen LogP contribution in [0.3, 0.4) is 0 Å². The van der Waals surface area contributed by atoms with Gasteiger partial charge in [-0.15, -0.1) is 0 Å². The van der Waals surface area contributed by atoms with Gasteiger partial charge in [0.25, 0.3) is 0 Å². The maximum Gasteiger partial charge on any atom is 0.381 e. The van der Waals surface area contributed by atoms with Crippen molar-refractivity contribution in [2.45, 2.75) is 0 Å². The summed E-state index contributed by atoms with van der Waals surface area (Å²) in [6.07, 6.45) is 0. The highest BCUT2D eigenvalue weighted by atomic mass is 32.1. The number of thiocarbonyl (C=S) groups is 1. The molecule has 0 fully saturated rings. The molecule has 20 valence electrons. The first-order valence-corrected chi connectivity index (χ1v) is 1.04. The van der Waals surface area contributed by atoms with E-state index in [2.05, 4.69) is 17.0 Å². The summed E-state index contributed by atoms with van der Waals surface area (Å²) in [6.45, 7) is 0. The van der Waals surface area contributed by atoms with Crippen LogP contribution in [0.15, 0.2) is 0 Å². The van der Waals surface area contributed by atoms with Gasteiger partial charge in [-0.25, -0.2) is 0 Å². The summed E-state index contributed by atoms with van der Waals surface area (Å²) in [5.41, 5.74) is 7.28. The first-order chi connectivity index (χ1) is 1.91. The van der Waals surface area contributed by atoms with Crippen LogP contribution >= 0.6 is 12.2 Å². The van der Waals surface area contributed by atoms with Crippen molar-refractivity contribution in [3.05, 3.63) is 5.53 Å². The highest BCUT2D eigenvalue weighted by molar-refractivity contribution is 7.78. The molecule has 0 saturated heterocycles. The van der Waals surface area contributed by atoms with Gasteiger partial charge in [-0.3, -0.25) is 0 Å². The lowest BCUT2D eigenvalue weighted by molar-refractivity contribution is 0.00980. The molecule has 0 rings (SSSR count). The Morgan fingerprint density at radius 1 is 2.00 bits per heavy atom. The van der Waals surface area contributed by atoms with E-state index < -0.39 is 0 Å². The predicted octanol–water partition coefficient (Wildman–Crippen LogP) is 0.319. The summed E-state index contributed by atoms with van der Waals surface area (Å²) in [5, 5.41) is 1.69. The second-order valence-electron chi connectivity index (χ2n) is 0.191. The molecular formula is CN2S. The summed E-state index contributed by atoms with van der Waals surface area (Å²) < 4.78 is 0. The van der Waals surface area contributed by atoms with Gasteiger partial charge >= 0.3 is 5.16 Å². The zero-order valence-corrected chi connectivity index (χ0v) is 2.62. The molecule has 0 atom stereocenters. The van der Waals surface area contributed by atoms with Gasteiger partial charge in [0.15, 0.2) is 0 Å². The van der Waals surface area contributed by atoms with E-state index in [-0.39, 0.29) is 0 Å². The molecule has 0 aromatic rings. The molecule has 0 aromatic carbocycles. The van der Waals surface area contributed by atoms with Crippen LogP contribution in [-0.2, 0) is 0 Å². The number of isothiocyanates is 1. The van der Waals surface area contributed by atoms with Gasteiger partial charge in [-0.1, -0.05) is 4.79 Å². The largest absolute Gasteiger partial charge is 0.381 e. The Hall–Kier alpha value is -0.490. The predicted molar refractivity (Wildman–Crippen MR) is 16.2 cm³/mol. The third-order valence-electron chi connectivity index (χ3n) is 0.0408. The molecule has 0 aliphatic carbocycles. The van der Waals surface area contributed by atoms with Crippen molar-refractivity contribution in [3.8, 4) is 0 Å². The van der Waals surface area contributed by atoms with Crippen molar-refractivity contribution in [2.24, 2.45) is 0 Å². The van der Waals surface area contributed by atoms with Gasteiger partial charge in [0, 0.05) is 0 Å². The van der Waals surface area contributed by atoms with E-state index >= 15 is 0 Å². The Balaban J connectivity index is 3.95. The number of hydrogen-bond donors (Lipinski definition) is 0. The molecule has 0 unspecified atom stereocenters. The maximum atomic E-state index is 7.28. The molecule has 0 aromatic heterocycles. The summed E-state index contributed by atoms with van der Waals surface area (Å²) in [5.74, 6) is 0. The lowest BCUT2D eigenvalue weighted by Crippen LogP contribution is -1.30. The van der Waals surface area contributed by atoms with Crippen molar-refractivity contribution in [1.82, 2.24) is 0 Å². The molecule has 0 radical (unpaired) electrons. The van der Waals surface area contributed by atoms with Gasteiger partial charge in [0.05, 0.1) is 12.2 Å². The zero-order valence-electron chi connectivity index (χ0n) is 1.80. The van der Waals surface area contributed by atoms with Crippen LogP contribution in [0.5, 0.6) is 0 Å². The smallest absolute Gasteiger partial charge is 0.347 e. The average Bonchev–Trinajstić information content (AvgIpc) is 1.37. The van der Waals surface area contributed by atoms with Crippen molar-refractivity contribution >= 4 is 17.4 Å². The number of rotatable bonds is 0. The molecule has 0 spiro atoms. The van der Waals surface area contributed by atoms with Crippen LogP contribution in [0.4, 0.5) is 0 Å². The van der Waals surface area contributed by atoms with Gasteiger partial charge in [-0.05, 0) is 0 Å². The Bertz CT molecular complexity index is 56.1. The first-order valence-electron chi connectivity index (χ1n) is 0.628. The van der Waals surface area contributed by atoms with Crippen LogP contribution in [0.25, 0.3) is 5.53 Å². The Morgan fingerprint density at radius 2 is 2.25 bits per heavy atom. The third-order valence-corrected chi connectivity index (χ3v) is 0.122. The first kappa shape index (κ1) is 3.51. The van der Waals surface area contributed by atoms with Crippen LogP contribution in [0.1, 0.15) is 0 Å². The Kier molecular flexibility index (Phi) is 2.20. The van der Waals surface area contributed by atoms with E-state index in [1.165, 1.54) is 0 Å². The fraction of sp³-hybridized carbons (Fsp3) is 0. The highest BCUT2D eigenvalue weighted by Gasteiger charge is 1.27. The van der Waals surface area contributed by atoms with Crippen LogP contribution in [-0.4, -0.2) is 9.95 Å². The molecule has 2 nitrogen and oxygen atoms in total. The minimum atomic E-state index is 1.69. The van der Waals surface area contributed by atoms with Crippen molar-refractivity contribution in [3.63, 3.8) is 0 Å². The van der Waals surface area contributed by atoms with E-state index in [0.717, 1.165) is 0 Å². The standard InChI is InChI=1S/CN2S/c2-3-1-4. The molecule has 0 bridgehead atoms. The second-order valence-corrected chi connectivity index (χ2v) is 0.374. The molecule has 4 heavy (non-hydrogen) atoms. The van der Waals surface area contributed by atoms with E-state index in [1.807, 2.05) is 0 Å². The van der Waals surface area contributed by atoms with E-state index in [0.29, 0.717) is 0 Å². The van der Waals surface area contributed by atoms with E-state index in [9.17, 15) is 0 Å². The summed E-state index contributed by atoms with van der Waals surface area (Å²) >= 11 is 3.89. The van der Waals surface area contributed by atoms with Crippen molar-refractivity contribution < 1.29 is 4.79 Å². The van der Waals surface area contributed by atoms with Crippen LogP contribution in [0, 0.1) is 0 Å². The Labute approximate surface area is 28.7 Å². The van der Waals surface area contributed by atoms with Crippen molar-refractivity contribution in [2.75, 3.05) is 0 Å². The molecule has 0 N–H and O–H groups in total. The van der Waals surface area contributed by atoms with E-state index in [1.54, 1.807) is 5.16 Å². The normalized spacial score (nSPS) is 3.00. The van der Waals surface area contributed by atoms with E-state index in [4.69, 9.17) is 5.53 Å². The summed E-state index contributed by atoms with van der Waals surface area (Å²) in [6, 6.07) is 0. The highest BCUT2D eigenvalue weighted by Crippen LogP contribution is 1.18. The lowest BCUT2D eigenvalue weighted by Gasteiger charge is -1.16. The Morgan fingerprint density at radius 3 is 2.25 bits per heavy atom. The maximum absolute atomic E-state index is 7.28. The zero-order chi connectivity index (χ0) is 3.41. The molecular weight excluding hydrogens is 72.1 g/mol. The number of nitrogens with zero attached hydrogens (tertiary/aromatic N) is 2. The van der Waals surface area contributed by atoms with Gasteiger partial charge < -0.3 is 5.53 Å². The topological polar surface area (TPSA) is 36.4 Å². The van der Waals surface area contributed by atoms with Crippen LogP contribution < -0.4 is 0 Å². The van der Waals surface area contributed by atoms with Gasteiger partial charge in [0.2, 0.25) is 0 Å². The molecule has 0 aliphatic heterocycles. The second kappa shape index (κ2) is 2.51. The fourth-order valence-corrected chi connectivity index (χ4v) is 0. The average molecular weight is 72.1 g/mol. The quantitative estimate of drug-likeness (QED) is 0.176. The SMILES string of the molecule is [N-]=[N+]=C=S. The fourth-order valence-electron chi connectivity index (χ4n) is 0. The molecule has 3 heteroatoms. The van der Waals surface area contributed by atoms with Gasteiger partial charge in [0.1, 0.15) is 0 Å². The van der Waals surface area contributed by atoms with Crippen LogP contribution in [0.2, 0.25) is 0 Å². The monoisotopic (exact) mass is 72.0 g/mol. The van der Waals surface area contributed by atoms with Gasteiger partial charge in [-0.2, -0.15) is 0 Å². The number of hydrogen-bond acceptors (Lipinski definition) is 1. The lowest BCUT2D eigenvalue weighted by atomic mass is 11.7. The summed E-state index contributed by atoms with van der Waals surface area (Å²) in [4.78, 5) is 2.30. The summed E-state index contributed by atoms with van der Waals surface area (Å²) in [7, 11) is 0. The molecule has 0 amide bonds. The molecule has 0 saturated carbocycles. The molecule has 0 aliphatic rings. The minimum Gasteiger partial charge on any atom is -0.347 e. The minimum absolute atomic E-state index is 1.69.